The van der Waals surface area contributed by atoms with Crippen LogP contribution in [0, 0.1) is 0 Å². The second kappa shape index (κ2) is 7.15. The van der Waals surface area contributed by atoms with Gasteiger partial charge in [-0.2, -0.15) is 0 Å². The van der Waals surface area contributed by atoms with Gasteiger partial charge in [-0.05, 0) is 77.7 Å². The van der Waals surface area contributed by atoms with Crippen molar-refractivity contribution in [2.24, 2.45) is 0 Å². The third kappa shape index (κ3) is 3.62. The lowest BCUT2D eigenvalue weighted by Gasteiger charge is -2.24. The van der Waals surface area contributed by atoms with E-state index in [1.165, 1.54) is 62.6 Å². The van der Waals surface area contributed by atoms with E-state index in [9.17, 15) is 0 Å². The molecule has 1 aromatic rings. The van der Waals surface area contributed by atoms with Crippen LogP contribution >= 0.6 is 15.9 Å². The Morgan fingerprint density at radius 2 is 1.90 bits per heavy atom. The Hall–Kier alpha value is -0.540. The van der Waals surface area contributed by atoms with Gasteiger partial charge < -0.3 is 10.1 Å². The van der Waals surface area contributed by atoms with Gasteiger partial charge in [0.25, 0.3) is 0 Å². The average molecular weight is 352 g/mol. The molecule has 1 aliphatic heterocycles. The van der Waals surface area contributed by atoms with Crippen LogP contribution in [0.25, 0.3) is 0 Å². The fourth-order valence-corrected chi connectivity index (χ4v) is 4.61. The van der Waals surface area contributed by atoms with E-state index >= 15 is 0 Å². The number of nitrogens with one attached hydrogen (secondary N) is 1. The normalized spacial score (nSPS) is 23.4. The van der Waals surface area contributed by atoms with Crippen molar-refractivity contribution in [3.8, 4) is 5.75 Å². The maximum absolute atomic E-state index is 5.67. The Bertz CT molecular complexity index is 476. The zero-order valence-corrected chi connectivity index (χ0v) is 14.5. The number of methoxy groups -OCH3 is 1. The van der Waals surface area contributed by atoms with Crippen molar-refractivity contribution in [2.45, 2.75) is 63.3 Å². The minimum atomic E-state index is 0.649. The summed E-state index contributed by atoms with van der Waals surface area (Å²) in [5.41, 5.74) is 2.87. The summed E-state index contributed by atoms with van der Waals surface area (Å²) in [6.45, 7) is 1.18. The molecule has 1 atom stereocenters. The number of benzene rings is 1. The molecule has 0 spiro atoms. The maximum Gasteiger partial charge on any atom is 0.136 e. The highest BCUT2D eigenvalue weighted by atomic mass is 79.9. The van der Waals surface area contributed by atoms with Crippen molar-refractivity contribution in [1.29, 1.82) is 0 Å². The number of hydrogen-bond acceptors (Lipinski definition) is 2. The van der Waals surface area contributed by atoms with Crippen LogP contribution in [0.5, 0.6) is 5.75 Å². The van der Waals surface area contributed by atoms with Crippen molar-refractivity contribution >= 4 is 15.9 Å². The molecule has 1 aliphatic carbocycles. The molecule has 1 N–H and O–H groups in total. The summed E-state index contributed by atoms with van der Waals surface area (Å²) in [6.07, 6.45) is 10.5. The van der Waals surface area contributed by atoms with Crippen LogP contribution < -0.4 is 10.1 Å². The number of rotatable bonds is 4. The highest BCUT2D eigenvalue weighted by molar-refractivity contribution is 9.10. The van der Waals surface area contributed by atoms with Gasteiger partial charge in [0, 0.05) is 6.04 Å². The van der Waals surface area contributed by atoms with Gasteiger partial charge in [-0.1, -0.05) is 25.3 Å². The van der Waals surface area contributed by atoms with E-state index in [1.807, 2.05) is 0 Å². The van der Waals surface area contributed by atoms with Crippen LogP contribution in [-0.4, -0.2) is 19.7 Å². The molecule has 2 fully saturated rings. The lowest BCUT2D eigenvalue weighted by molar-refractivity contribution is 0.395. The van der Waals surface area contributed by atoms with E-state index in [4.69, 9.17) is 4.74 Å². The predicted molar refractivity (Wildman–Crippen MR) is 91.2 cm³/mol. The number of piperidine rings is 1. The molecule has 1 saturated heterocycles. The summed E-state index contributed by atoms with van der Waals surface area (Å²) in [7, 11) is 1.79. The summed E-state index contributed by atoms with van der Waals surface area (Å²) in [4.78, 5) is 0. The molecular weight excluding hydrogens is 326 g/mol. The smallest absolute Gasteiger partial charge is 0.136 e. The average Bonchev–Trinajstić information content (AvgIpc) is 3.02. The second-order valence-corrected chi connectivity index (χ2v) is 7.39. The lowest BCUT2D eigenvalue weighted by Crippen LogP contribution is -2.35. The number of halogens is 1. The van der Waals surface area contributed by atoms with Crippen molar-refractivity contribution in [3.63, 3.8) is 0 Å². The van der Waals surface area contributed by atoms with Crippen LogP contribution in [0.2, 0.25) is 0 Å². The van der Waals surface area contributed by atoms with E-state index in [0.29, 0.717) is 12.0 Å². The predicted octanol–water partition coefficient (Wildman–Crippen LogP) is 4.80. The molecule has 21 heavy (non-hydrogen) atoms. The summed E-state index contributed by atoms with van der Waals surface area (Å²) >= 11 is 3.72. The largest absolute Gasteiger partial charge is 0.495 e. The first kappa shape index (κ1) is 15.4. The van der Waals surface area contributed by atoms with E-state index in [1.54, 1.807) is 7.11 Å². The first-order chi connectivity index (χ1) is 10.3. The van der Waals surface area contributed by atoms with Crippen LogP contribution in [0.1, 0.15) is 62.0 Å². The lowest BCUT2D eigenvalue weighted by atomic mass is 9.91. The SMILES string of the molecule is COc1c(Br)cc(CC2CCCCN2)cc1C1CCCC1. The van der Waals surface area contributed by atoms with E-state index in [0.717, 1.165) is 16.6 Å². The molecule has 0 aromatic heterocycles. The van der Waals surface area contributed by atoms with Gasteiger partial charge in [0.2, 0.25) is 0 Å². The highest BCUT2D eigenvalue weighted by Crippen LogP contribution is 2.42. The second-order valence-electron chi connectivity index (χ2n) is 6.53. The molecule has 116 valence electrons. The van der Waals surface area contributed by atoms with Crippen molar-refractivity contribution in [1.82, 2.24) is 5.32 Å². The quantitative estimate of drug-likeness (QED) is 0.840. The summed E-state index contributed by atoms with van der Waals surface area (Å²) in [5.74, 6) is 1.75. The molecule has 3 rings (SSSR count). The van der Waals surface area contributed by atoms with Gasteiger partial charge in [-0.3, -0.25) is 0 Å². The molecule has 0 radical (unpaired) electrons. The fourth-order valence-electron chi connectivity index (χ4n) is 3.93. The summed E-state index contributed by atoms with van der Waals surface area (Å²) in [6, 6.07) is 5.32. The number of ether oxygens (including phenoxy) is 1. The molecule has 1 aromatic carbocycles. The number of hydrogen-bond donors (Lipinski definition) is 1. The molecule has 1 saturated carbocycles. The fraction of sp³-hybridized carbons (Fsp3) is 0.667. The molecule has 1 heterocycles. The molecule has 0 bridgehead atoms. The Morgan fingerprint density at radius 1 is 1.14 bits per heavy atom. The summed E-state index contributed by atoms with van der Waals surface area (Å²) in [5, 5.41) is 3.66. The molecule has 1 unspecified atom stereocenters. The van der Waals surface area contributed by atoms with Crippen molar-refractivity contribution < 1.29 is 4.74 Å². The van der Waals surface area contributed by atoms with Crippen LogP contribution in [0.4, 0.5) is 0 Å². The van der Waals surface area contributed by atoms with Gasteiger partial charge >= 0.3 is 0 Å². The zero-order valence-electron chi connectivity index (χ0n) is 13.0. The minimum absolute atomic E-state index is 0.649. The Kier molecular flexibility index (Phi) is 5.23. The van der Waals surface area contributed by atoms with E-state index in [-0.39, 0.29) is 0 Å². The Balaban J connectivity index is 1.83. The molecule has 2 nitrogen and oxygen atoms in total. The van der Waals surface area contributed by atoms with Crippen molar-refractivity contribution in [3.05, 3.63) is 27.7 Å². The van der Waals surface area contributed by atoms with Crippen LogP contribution in [-0.2, 0) is 6.42 Å². The van der Waals surface area contributed by atoms with Gasteiger partial charge in [-0.15, -0.1) is 0 Å². The third-order valence-electron chi connectivity index (χ3n) is 5.03. The van der Waals surface area contributed by atoms with E-state index in [2.05, 4.69) is 33.4 Å². The van der Waals surface area contributed by atoms with Gasteiger partial charge in [-0.25, -0.2) is 0 Å². The van der Waals surface area contributed by atoms with Gasteiger partial charge in [0.1, 0.15) is 5.75 Å². The Morgan fingerprint density at radius 3 is 2.57 bits per heavy atom. The highest BCUT2D eigenvalue weighted by Gasteiger charge is 2.23. The molecule has 2 aliphatic rings. The molecule has 3 heteroatoms. The topological polar surface area (TPSA) is 21.3 Å². The van der Waals surface area contributed by atoms with Crippen molar-refractivity contribution in [2.75, 3.05) is 13.7 Å². The first-order valence-electron chi connectivity index (χ1n) is 8.37. The van der Waals surface area contributed by atoms with Crippen LogP contribution in [0.3, 0.4) is 0 Å². The van der Waals surface area contributed by atoms with Crippen LogP contribution in [0.15, 0.2) is 16.6 Å². The molecular formula is C18H26BrNO. The summed E-state index contributed by atoms with van der Waals surface area (Å²) < 4.78 is 6.80. The third-order valence-corrected chi connectivity index (χ3v) is 5.61. The minimum Gasteiger partial charge on any atom is -0.495 e. The van der Waals surface area contributed by atoms with Gasteiger partial charge in [0.15, 0.2) is 0 Å². The molecule has 0 amide bonds. The Labute approximate surface area is 136 Å². The zero-order chi connectivity index (χ0) is 14.7. The monoisotopic (exact) mass is 351 g/mol. The van der Waals surface area contributed by atoms with E-state index < -0.39 is 0 Å². The first-order valence-corrected chi connectivity index (χ1v) is 9.17. The van der Waals surface area contributed by atoms with Gasteiger partial charge in [0.05, 0.1) is 11.6 Å². The maximum atomic E-state index is 5.67. The standard InChI is InChI=1S/C18H26BrNO/c1-21-18-16(14-6-2-3-7-14)11-13(12-17(18)19)10-15-8-4-5-9-20-15/h11-12,14-15,20H,2-10H2,1H3.